The van der Waals surface area contributed by atoms with E-state index in [2.05, 4.69) is 22.6 Å². The average molecular weight is 725 g/mol. The molecule has 10 nitrogen and oxygen atoms in total. The number of thiophene rings is 1. The molecular weight excluding hydrogens is 681 g/mol. The lowest BCUT2D eigenvalue weighted by Gasteiger charge is -2.41. The van der Waals surface area contributed by atoms with Crippen molar-refractivity contribution in [2.45, 2.75) is 69.8 Å². The monoisotopic (exact) mass is 724 g/mol. The number of rotatable bonds is 7. The molecular formula is C34H44ClF3N6O4S. The van der Waals surface area contributed by atoms with Crippen LogP contribution >= 0.6 is 22.9 Å². The molecule has 0 unspecified atom stereocenters. The van der Waals surface area contributed by atoms with Gasteiger partial charge >= 0.3 is 18.3 Å². The SMILES string of the molecule is CNc1c(Cl)cc(C[C@@H](OC(=O)N2CCC(N3Cc4ccsc4NC3=O)CC2)C(=O)N2CCC(C3CCN(C)CC3)CC2)cc1C(F)(F)F. The maximum atomic E-state index is 14.0. The minimum absolute atomic E-state index is 0.0750. The van der Waals surface area contributed by atoms with Crippen molar-refractivity contribution in [3.8, 4) is 0 Å². The lowest BCUT2D eigenvalue weighted by Crippen LogP contribution is -2.52. The molecule has 4 aliphatic heterocycles. The molecule has 0 saturated carbocycles. The van der Waals surface area contributed by atoms with Crippen LogP contribution in [-0.4, -0.2) is 103 Å². The number of halogens is 4. The number of benzene rings is 1. The van der Waals surface area contributed by atoms with Crippen LogP contribution in [-0.2, 0) is 28.7 Å². The number of carbonyl (C=O) groups excluding carboxylic acids is 3. The summed E-state index contributed by atoms with van der Waals surface area (Å²) in [6, 6.07) is 4.10. The molecule has 0 radical (unpaired) electrons. The molecule has 3 fully saturated rings. The number of hydrogen-bond acceptors (Lipinski definition) is 7. The first kappa shape index (κ1) is 35.6. The fraction of sp³-hybridized carbons (Fsp3) is 0.618. The number of likely N-dealkylation sites (tertiary alicyclic amines) is 3. The number of carbonyl (C=O) groups is 3. The minimum Gasteiger partial charge on any atom is -0.436 e. The molecule has 0 spiro atoms. The van der Waals surface area contributed by atoms with Crippen molar-refractivity contribution in [3.63, 3.8) is 0 Å². The Hall–Kier alpha value is -3.23. The number of piperidine rings is 3. The van der Waals surface area contributed by atoms with Gasteiger partial charge in [0.25, 0.3) is 5.91 Å². The number of ether oxygens (including phenoxy) is 1. The normalized spacial score (nSPS) is 20.9. The van der Waals surface area contributed by atoms with Gasteiger partial charge in [0.2, 0.25) is 0 Å². The maximum Gasteiger partial charge on any atom is 0.418 e. The van der Waals surface area contributed by atoms with Crippen LogP contribution in [0, 0.1) is 11.8 Å². The van der Waals surface area contributed by atoms with E-state index in [4.69, 9.17) is 16.3 Å². The molecule has 5 heterocycles. The van der Waals surface area contributed by atoms with Crippen molar-refractivity contribution in [3.05, 3.63) is 45.3 Å². The van der Waals surface area contributed by atoms with Crippen LogP contribution in [0.1, 0.15) is 55.2 Å². The lowest BCUT2D eigenvalue weighted by molar-refractivity contribution is -0.142. The van der Waals surface area contributed by atoms with Gasteiger partial charge in [-0.3, -0.25) is 10.1 Å². The zero-order chi connectivity index (χ0) is 34.9. The Balaban J connectivity index is 1.14. The first-order valence-electron chi connectivity index (χ1n) is 17.1. The van der Waals surface area contributed by atoms with E-state index in [1.54, 1.807) is 9.80 Å². The number of anilines is 2. The van der Waals surface area contributed by atoms with E-state index in [9.17, 15) is 27.6 Å². The highest BCUT2D eigenvalue weighted by atomic mass is 35.5. The van der Waals surface area contributed by atoms with Crippen LogP contribution in [0.15, 0.2) is 23.6 Å². The molecule has 1 aromatic carbocycles. The number of amides is 4. The van der Waals surface area contributed by atoms with Gasteiger partial charge in [-0.1, -0.05) is 11.6 Å². The van der Waals surface area contributed by atoms with E-state index < -0.39 is 29.8 Å². The molecule has 4 aliphatic rings. The van der Waals surface area contributed by atoms with Gasteiger partial charge in [-0.2, -0.15) is 13.2 Å². The van der Waals surface area contributed by atoms with Crippen molar-refractivity contribution >= 4 is 51.7 Å². The van der Waals surface area contributed by atoms with E-state index in [0.29, 0.717) is 57.4 Å². The topological polar surface area (TPSA) is 97.5 Å². The molecule has 6 rings (SSSR count). The molecule has 2 aromatic rings. The molecule has 15 heteroatoms. The quantitative estimate of drug-likeness (QED) is 0.334. The smallest absolute Gasteiger partial charge is 0.418 e. The largest absolute Gasteiger partial charge is 0.436 e. The third kappa shape index (κ3) is 8.06. The number of nitrogens with zero attached hydrogens (tertiary/aromatic N) is 4. The van der Waals surface area contributed by atoms with E-state index in [1.807, 2.05) is 11.4 Å². The van der Waals surface area contributed by atoms with Gasteiger partial charge in [0, 0.05) is 51.3 Å². The Morgan fingerprint density at radius 1 is 1.02 bits per heavy atom. The molecule has 4 amide bonds. The number of alkyl halides is 3. The molecule has 49 heavy (non-hydrogen) atoms. The van der Waals surface area contributed by atoms with Crippen LogP contribution < -0.4 is 10.6 Å². The second-order valence-electron chi connectivity index (χ2n) is 13.7. The van der Waals surface area contributed by atoms with E-state index in [0.717, 1.165) is 55.4 Å². The Labute approximate surface area is 293 Å². The van der Waals surface area contributed by atoms with Gasteiger partial charge in [-0.25, -0.2) is 9.59 Å². The number of urea groups is 1. The first-order valence-corrected chi connectivity index (χ1v) is 18.3. The van der Waals surface area contributed by atoms with E-state index in [-0.39, 0.29) is 34.8 Å². The van der Waals surface area contributed by atoms with Crippen molar-refractivity contribution in [2.24, 2.45) is 11.8 Å². The molecule has 0 bridgehead atoms. The van der Waals surface area contributed by atoms with E-state index >= 15 is 0 Å². The Kier molecular flexibility index (Phi) is 10.9. The molecule has 268 valence electrons. The van der Waals surface area contributed by atoms with Crippen molar-refractivity contribution < 1.29 is 32.3 Å². The highest BCUT2D eigenvalue weighted by Gasteiger charge is 2.39. The van der Waals surface area contributed by atoms with Gasteiger partial charge in [-0.15, -0.1) is 11.3 Å². The second kappa shape index (κ2) is 14.9. The summed E-state index contributed by atoms with van der Waals surface area (Å²) < 4.78 is 47.9. The van der Waals surface area contributed by atoms with E-state index in [1.165, 1.54) is 29.4 Å². The Morgan fingerprint density at radius 3 is 2.29 bits per heavy atom. The Morgan fingerprint density at radius 2 is 1.65 bits per heavy atom. The van der Waals surface area contributed by atoms with Gasteiger partial charge in [0.15, 0.2) is 6.10 Å². The van der Waals surface area contributed by atoms with Crippen LogP contribution in [0.25, 0.3) is 0 Å². The predicted molar refractivity (Wildman–Crippen MR) is 183 cm³/mol. The second-order valence-corrected chi connectivity index (χ2v) is 15.0. The highest BCUT2D eigenvalue weighted by molar-refractivity contribution is 7.14. The first-order chi connectivity index (χ1) is 23.4. The number of fused-ring (bicyclic) bond motifs is 1. The zero-order valence-corrected chi connectivity index (χ0v) is 29.4. The molecule has 3 saturated heterocycles. The lowest BCUT2D eigenvalue weighted by atomic mass is 9.79. The minimum atomic E-state index is -4.69. The fourth-order valence-corrected chi connectivity index (χ4v) is 8.93. The summed E-state index contributed by atoms with van der Waals surface area (Å²) in [5.74, 6) is 0.710. The summed E-state index contributed by atoms with van der Waals surface area (Å²) in [5.41, 5.74) is -0.00683. The van der Waals surface area contributed by atoms with Crippen LogP contribution in [0.2, 0.25) is 5.02 Å². The van der Waals surface area contributed by atoms with Gasteiger partial charge in [0.1, 0.15) is 5.00 Å². The van der Waals surface area contributed by atoms with Crippen LogP contribution in [0.3, 0.4) is 0 Å². The summed E-state index contributed by atoms with van der Waals surface area (Å²) in [5, 5.41) is 8.11. The van der Waals surface area contributed by atoms with Crippen molar-refractivity contribution in [1.29, 1.82) is 0 Å². The van der Waals surface area contributed by atoms with Crippen LogP contribution in [0.4, 0.5) is 33.4 Å². The maximum absolute atomic E-state index is 14.0. The zero-order valence-electron chi connectivity index (χ0n) is 27.9. The van der Waals surface area contributed by atoms with Crippen molar-refractivity contribution in [2.75, 3.05) is 64.0 Å². The summed E-state index contributed by atoms with van der Waals surface area (Å²) in [4.78, 5) is 47.7. The summed E-state index contributed by atoms with van der Waals surface area (Å²) >= 11 is 7.76. The predicted octanol–water partition coefficient (Wildman–Crippen LogP) is 6.60. The van der Waals surface area contributed by atoms with Gasteiger partial charge in [0.05, 0.1) is 22.8 Å². The van der Waals surface area contributed by atoms with Gasteiger partial charge < -0.3 is 29.7 Å². The summed E-state index contributed by atoms with van der Waals surface area (Å²) in [7, 11) is 3.49. The average Bonchev–Trinajstić information content (AvgIpc) is 3.54. The van der Waals surface area contributed by atoms with Crippen LogP contribution in [0.5, 0.6) is 0 Å². The standard InChI is InChI=1S/C34H44ClF3N6O4S/c1-39-29-26(34(36,37)38)17-21(18-27(29)35)19-28(31(45)42-12-5-23(6-13-42)22-3-10-41(2)11-4-22)48-33(47)43-14-7-25(8-15-43)44-20-24-9-16-49-30(24)40-32(44)46/h9,16-18,22-23,25,28,39H,3-8,10-15,19-20H2,1-2H3,(H,40,46)/t28-/m1/s1. The molecule has 1 aromatic heterocycles. The molecule has 2 N–H and O–H groups in total. The summed E-state index contributed by atoms with van der Waals surface area (Å²) in [6.07, 6.45) is -1.96. The number of nitrogens with one attached hydrogen (secondary N) is 2. The van der Waals surface area contributed by atoms with Crippen molar-refractivity contribution in [1.82, 2.24) is 19.6 Å². The van der Waals surface area contributed by atoms with Gasteiger partial charge in [-0.05, 0) is 99.6 Å². The highest BCUT2D eigenvalue weighted by Crippen LogP contribution is 2.40. The Bertz CT molecular complexity index is 1520. The summed E-state index contributed by atoms with van der Waals surface area (Å²) in [6.45, 7) is 4.27. The fourth-order valence-electron chi connectivity index (χ4n) is 7.79. The molecule has 1 atom stereocenters. The molecule has 0 aliphatic carbocycles. The third-order valence-electron chi connectivity index (χ3n) is 10.7. The number of hydrogen-bond donors (Lipinski definition) is 2. The third-order valence-corrected chi connectivity index (χ3v) is 11.8.